The average Bonchev–Trinajstić information content (AvgIpc) is 2.19. The van der Waals surface area contributed by atoms with Crippen LogP contribution in [0.2, 0.25) is 0 Å². The van der Waals surface area contributed by atoms with Crippen LogP contribution < -0.4 is 5.32 Å². The fraction of sp³-hybridized carbons (Fsp3) is 0.273. The molecule has 2 heteroatoms. The van der Waals surface area contributed by atoms with Gasteiger partial charge in [0, 0.05) is 10.6 Å². The standard InChI is InChI=1S/C11H13NS/c1-4-9(2)12-10-5-7-11(13-3)8-6-10/h1,5-9,12H,2-3H3. The SMILES string of the molecule is C#CC(C)Nc1ccc(SC)cc1. The molecule has 0 saturated heterocycles. The quantitative estimate of drug-likeness (QED) is 0.582. The van der Waals surface area contributed by atoms with Crippen LogP contribution in [0.1, 0.15) is 6.92 Å². The number of hydrogen-bond donors (Lipinski definition) is 1. The molecule has 0 spiro atoms. The lowest BCUT2D eigenvalue weighted by Gasteiger charge is -2.09. The number of rotatable bonds is 3. The summed E-state index contributed by atoms with van der Waals surface area (Å²) in [4.78, 5) is 1.26. The van der Waals surface area contributed by atoms with E-state index in [0.29, 0.717) is 0 Å². The molecule has 1 N–H and O–H groups in total. The summed E-state index contributed by atoms with van der Waals surface area (Å²) < 4.78 is 0. The van der Waals surface area contributed by atoms with E-state index in [1.807, 2.05) is 19.1 Å². The highest BCUT2D eigenvalue weighted by molar-refractivity contribution is 7.98. The Labute approximate surface area is 83.9 Å². The molecule has 1 unspecified atom stereocenters. The summed E-state index contributed by atoms with van der Waals surface area (Å²) in [7, 11) is 0. The van der Waals surface area contributed by atoms with Gasteiger partial charge in [-0.1, -0.05) is 5.92 Å². The minimum Gasteiger partial charge on any atom is -0.372 e. The Kier molecular flexibility index (Phi) is 3.72. The molecular formula is C11H13NS. The summed E-state index contributed by atoms with van der Waals surface area (Å²) in [5.74, 6) is 2.63. The van der Waals surface area contributed by atoms with Gasteiger partial charge in [0.2, 0.25) is 0 Å². The van der Waals surface area contributed by atoms with Crippen molar-refractivity contribution in [3.63, 3.8) is 0 Å². The van der Waals surface area contributed by atoms with Crippen molar-refractivity contribution in [3.8, 4) is 12.3 Å². The maximum Gasteiger partial charge on any atom is 0.0845 e. The molecule has 0 heterocycles. The van der Waals surface area contributed by atoms with Crippen molar-refractivity contribution >= 4 is 17.4 Å². The first-order valence-corrected chi connectivity index (χ1v) is 5.35. The van der Waals surface area contributed by atoms with Gasteiger partial charge in [-0.3, -0.25) is 0 Å². The first-order valence-electron chi connectivity index (χ1n) is 4.13. The smallest absolute Gasteiger partial charge is 0.0845 e. The van der Waals surface area contributed by atoms with Crippen molar-refractivity contribution in [1.82, 2.24) is 0 Å². The molecular weight excluding hydrogens is 178 g/mol. The predicted molar refractivity (Wildman–Crippen MR) is 60.1 cm³/mol. The van der Waals surface area contributed by atoms with Crippen molar-refractivity contribution in [3.05, 3.63) is 24.3 Å². The zero-order valence-corrected chi connectivity index (χ0v) is 8.69. The lowest BCUT2D eigenvalue weighted by molar-refractivity contribution is 1.03. The second kappa shape index (κ2) is 4.84. The van der Waals surface area contributed by atoms with Gasteiger partial charge in [0.25, 0.3) is 0 Å². The second-order valence-corrected chi connectivity index (χ2v) is 3.64. The predicted octanol–water partition coefficient (Wildman–Crippen LogP) is 2.84. The van der Waals surface area contributed by atoms with Gasteiger partial charge < -0.3 is 5.32 Å². The molecule has 0 saturated carbocycles. The van der Waals surface area contributed by atoms with Crippen molar-refractivity contribution < 1.29 is 0 Å². The van der Waals surface area contributed by atoms with Gasteiger partial charge in [0.05, 0.1) is 6.04 Å². The van der Waals surface area contributed by atoms with Crippen molar-refractivity contribution in [1.29, 1.82) is 0 Å². The molecule has 1 rings (SSSR count). The third-order valence-corrected chi connectivity index (χ3v) is 2.47. The highest BCUT2D eigenvalue weighted by Crippen LogP contribution is 2.17. The number of hydrogen-bond acceptors (Lipinski definition) is 2. The largest absolute Gasteiger partial charge is 0.372 e. The molecule has 0 aliphatic heterocycles. The Bertz CT molecular complexity index is 297. The minimum absolute atomic E-state index is 0.0835. The Balaban J connectivity index is 2.65. The van der Waals surface area contributed by atoms with Crippen molar-refractivity contribution in [2.24, 2.45) is 0 Å². The Morgan fingerprint density at radius 3 is 2.46 bits per heavy atom. The number of nitrogens with one attached hydrogen (secondary N) is 1. The second-order valence-electron chi connectivity index (χ2n) is 2.76. The molecule has 1 aromatic carbocycles. The molecule has 1 aromatic rings. The van der Waals surface area contributed by atoms with Crippen LogP contribution in [-0.4, -0.2) is 12.3 Å². The Morgan fingerprint density at radius 2 is 2.00 bits per heavy atom. The highest BCUT2D eigenvalue weighted by Gasteiger charge is 1.96. The minimum atomic E-state index is 0.0835. The van der Waals surface area contributed by atoms with Gasteiger partial charge in [-0.05, 0) is 37.4 Å². The molecule has 1 nitrogen and oxygen atoms in total. The Hall–Kier alpha value is -1.07. The van der Waals surface area contributed by atoms with E-state index in [9.17, 15) is 0 Å². The van der Waals surface area contributed by atoms with E-state index < -0.39 is 0 Å². The molecule has 0 amide bonds. The first-order chi connectivity index (χ1) is 6.26. The summed E-state index contributed by atoms with van der Waals surface area (Å²) in [5.41, 5.74) is 1.07. The lowest BCUT2D eigenvalue weighted by Crippen LogP contribution is -2.11. The number of anilines is 1. The van der Waals surface area contributed by atoms with E-state index >= 15 is 0 Å². The van der Waals surface area contributed by atoms with Gasteiger partial charge in [-0.25, -0.2) is 0 Å². The summed E-state index contributed by atoms with van der Waals surface area (Å²) in [6.07, 6.45) is 7.32. The molecule has 0 aromatic heterocycles. The topological polar surface area (TPSA) is 12.0 Å². The van der Waals surface area contributed by atoms with Crippen LogP contribution >= 0.6 is 11.8 Å². The van der Waals surface area contributed by atoms with Crippen LogP contribution in [0.4, 0.5) is 5.69 Å². The maximum absolute atomic E-state index is 5.26. The van der Waals surface area contributed by atoms with Crippen LogP contribution in [0.3, 0.4) is 0 Å². The Morgan fingerprint density at radius 1 is 1.38 bits per heavy atom. The zero-order valence-electron chi connectivity index (χ0n) is 7.87. The molecule has 68 valence electrons. The lowest BCUT2D eigenvalue weighted by atomic mass is 10.3. The van der Waals surface area contributed by atoms with Gasteiger partial charge in [-0.15, -0.1) is 18.2 Å². The summed E-state index contributed by atoms with van der Waals surface area (Å²) in [6, 6.07) is 8.33. The van der Waals surface area contributed by atoms with E-state index in [-0.39, 0.29) is 6.04 Å². The normalized spacial score (nSPS) is 11.8. The third kappa shape index (κ3) is 3.04. The van der Waals surface area contributed by atoms with Crippen molar-refractivity contribution in [2.45, 2.75) is 17.9 Å². The van der Waals surface area contributed by atoms with Crippen LogP contribution in [-0.2, 0) is 0 Å². The molecule has 0 aliphatic carbocycles. The molecule has 1 atom stereocenters. The number of benzene rings is 1. The van der Waals surface area contributed by atoms with Crippen molar-refractivity contribution in [2.75, 3.05) is 11.6 Å². The fourth-order valence-electron chi connectivity index (χ4n) is 0.979. The van der Waals surface area contributed by atoms with E-state index in [1.54, 1.807) is 11.8 Å². The van der Waals surface area contributed by atoms with Gasteiger partial charge in [0.1, 0.15) is 0 Å². The molecule has 0 aliphatic rings. The molecule has 0 fully saturated rings. The molecule has 0 bridgehead atoms. The van der Waals surface area contributed by atoms with Crippen LogP contribution in [0, 0.1) is 12.3 Å². The monoisotopic (exact) mass is 191 g/mol. The summed E-state index contributed by atoms with van der Waals surface area (Å²) >= 11 is 1.73. The van der Waals surface area contributed by atoms with Gasteiger partial charge in [-0.2, -0.15) is 0 Å². The van der Waals surface area contributed by atoms with Gasteiger partial charge in [0.15, 0.2) is 0 Å². The summed E-state index contributed by atoms with van der Waals surface area (Å²) in [5, 5.41) is 3.20. The third-order valence-electron chi connectivity index (χ3n) is 1.72. The van der Waals surface area contributed by atoms with Crippen LogP contribution in [0.25, 0.3) is 0 Å². The van der Waals surface area contributed by atoms with E-state index in [0.717, 1.165) is 5.69 Å². The zero-order chi connectivity index (χ0) is 9.68. The summed E-state index contributed by atoms with van der Waals surface area (Å²) in [6.45, 7) is 1.96. The fourth-order valence-corrected chi connectivity index (χ4v) is 1.39. The average molecular weight is 191 g/mol. The highest BCUT2D eigenvalue weighted by atomic mass is 32.2. The first kappa shape index (κ1) is 10.0. The van der Waals surface area contributed by atoms with E-state index in [1.165, 1.54) is 4.90 Å². The van der Waals surface area contributed by atoms with Crippen LogP contribution in [0.5, 0.6) is 0 Å². The van der Waals surface area contributed by atoms with Crippen LogP contribution in [0.15, 0.2) is 29.2 Å². The van der Waals surface area contributed by atoms with E-state index in [4.69, 9.17) is 6.42 Å². The van der Waals surface area contributed by atoms with Gasteiger partial charge >= 0.3 is 0 Å². The molecule has 13 heavy (non-hydrogen) atoms. The number of thioether (sulfide) groups is 1. The van der Waals surface area contributed by atoms with E-state index in [2.05, 4.69) is 29.6 Å². The maximum atomic E-state index is 5.26. The molecule has 0 radical (unpaired) electrons. The number of terminal acetylenes is 1.